The smallest absolute Gasteiger partial charge is 0.393 e. The van der Waals surface area contributed by atoms with Crippen LogP contribution in [0.2, 0.25) is 0 Å². The molecule has 0 saturated heterocycles. The molecule has 0 spiro atoms. The van der Waals surface area contributed by atoms with E-state index in [4.69, 9.17) is 51.1 Å². The van der Waals surface area contributed by atoms with E-state index in [0.717, 1.165) is 118 Å². The third-order valence-electron chi connectivity index (χ3n) is 20.1. The Kier molecular flexibility index (Phi) is 60.4. The summed E-state index contributed by atoms with van der Waals surface area (Å²) < 4.78 is 92.3. The van der Waals surface area contributed by atoms with Gasteiger partial charge in [0.25, 0.3) is 0 Å². The molecule has 5 radical (unpaired) electrons. The topological polar surface area (TPSA) is 267 Å². The number of aromatic nitrogens is 5. The molecule has 0 bridgehead atoms. The van der Waals surface area contributed by atoms with Gasteiger partial charge in [-0.15, -0.1) is 55.4 Å². The number of alkyl halides is 3. The van der Waals surface area contributed by atoms with E-state index in [-0.39, 0.29) is 191 Å². The molecule has 5 aromatic carbocycles. The van der Waals surface area contributed by atoms with Gasteiger partial charge < -0.3 is 76.0 Å². The molecular weight excluding hydrogens is 2560 g/mol. The minimum Gasteiger partial charge on any atom is -0.393 e. The molecule has 0 saturated carbocycles. The van der Waals surface area contributed by atoms with Crippen molar-refractivity contribution in [3.05, 3.63) is 239 Å². The van der Waals surface area contributed by atoms with Crippen molar-refractivity contribution in [3.8, 4) is 0 Å². The van der Waals surface area contributed by atoms with Crippen molar-refractivity contribution >= 4 is 82.4 Å². The van der Waals surface area contributed by atoms with E-state index < -0.39 is 11.7 Å². The number of para-hydroxylation sites is 1. The van der Waals surface area contributed by atoms with Gasteiger partial charge in [-0.05, 0) is 201 Å². The standard InChI is InChI=1S/C16H13F3N.2C16H15FN.2C15H13FN.5C5H12O2.5Ir/c17-16(18,19)13-10-12-8-4-5-9-14(12)20-15(13)11-6-2-1-3-7-11;1-11-3-2-4-13(9-11)15-8-6-12-5-7-14(17)10-16(12)18-15;1-11-3-2-4-12(9-11)15-7-5-13-10-14(17)6-8-16(13)18-15;16-13-7-9-15-12(10-13)6-8-14(17-15)11-4-2-1-3-5-11;16-13-8-6-12-7-9-14(17-15(12)10-13)11-4-2-1-3-5-11;5*1-4(6)3-5(2)7;;;;;/h4-5,8-10H,1-3,6H2;2*5-8,10-11H,2-4H2,1H3;2*6-10H,1-4H2;5*4-7H,3H2,1-2H3;;;;;/q5*-1;;;;;;;;;;. The normalized spacial score (nSPS) is 17.3. The zero-order valence-electron chi connectivity index (χ0n) is 76.1. The number of hydrogen-bond acceptors (Lipinski definition) is 15. The van der Waals surface area contributed by atoms with Gasteiger partial charge in [-0.1, -0.05) is 199 Å². The summed E-state index contributed by atoms with van der Waals surface area (Å²) in [6.45, 7) is 21.0. The molecule has 15 rings (SSSR count). The van der Waals surface area contributed by atoms with Gasteiger partial charge in [-0.2, -0.15) is 41.0 Å². The minimum atomic E-state index is -4.39. The molecule has 5 aliphatic carbocycles. The molecule has 5 aliphatic rings. The summed E-state index contributed by atoms with van der Waals surface area (Å²) in [5.41, 5.74) is 12.4. The molecule has 27 heteroatoms. The predicted octanol–water partition coefficient (Wildman–Crippen LogP) is 22.7. The summed E-state index contributed by atoms with van der Waals surface area (Å²) in [6, 6.07) is 42.8. The summed E-state index contributed by atoms with van der Waals surface area (Å²) in [5.74, 6) is 0.119. The van der Waals surface area contributed by atoms with Crippen molar-refractivity contribution in [2.75, 3.05) is 0 Å². The van der Waals surface area contributed by atoms with Crippen LogP contribution in [0.1, 0.15) is 265 Å². The van der Waals surface area contributed by atoms with Gasteiger partial charge in [-0.25, -0.2) is 17.6 Å². The van der Waals surface area contributed by atoms with Gasteiger partial charge >= 0.3 is 6.18 Å². The maximum atomic E-state index is 13.3. The molecule has 12 unspecified atom stereocenters. The largest absolute Gasteiger partial charge is 0.402 e. The average Bonchev–Trinajstić information content (AvgIpc) is 0.777. The Morgan fingerprint density at radius 3 is 0.877 bits per heavy atom. The molecule has 725 valence electrons. The number of hydrogen-bond donors (Lipinski definition) is 10. The molecule has 0 fully saturated rings. The second kappa shape index (κ2) is 64.3. The third-order valence-corrected chi connectivity index (χ3v) is 20.1. The van der Waals surface area contributed by atoms with Crippen LogP contribution in [0.4, 0.5) is 30.7 Å². The van der Waals surface area contributed by atoms with E-state index in [1.807, 2.05) is 48.5 Å². The van der Waals surface area contributed by atoms with Crippen LogP contribution in [-0.2, 0) is 107 Å². The zero-order valence-corrected chi connectivity index (χ0v) is 88.1. The average molecular weight is 2690 g/mol. The molecule has 5 aromatic heterocycles. The Hall–Kier alpha value is -5.79. The number of benzene rings is 5. The molecular formula is C103H129F7Ir5N5O10-5. The van der Waals surface area contributed by atoms with Gasteiger partial charge in [-0.3, -0.25) is 30.4 Å². The molecule has 15 nitrogen and oxygen atoms in total. The maximum absolute atomic E-state index is 13.3. The van der Waals surface area contributed by atoms with Crippen molar-refractivity contribution in [1.82, 2.24) is 24.9 Å². The van der Waals surface area contributed by atoms with Gasteiger partial charge in [0.15, 0.2) is 0 Å². The van der Waals surface area contributed by atoms with Crippen LogP contribution in [0.3, 0.4) is 0 Å². The predicted molar refractivity (Wildman–Crippen MR) is 488 cm³/mol. The fourth-order valence-electron chi connectivity index (χ4n) is 14.4. The first-order valence-corrected chi connectivity index (χ1v) is 43.9. The summed E-state index contributed by atoms with van der Waals surface area (Å²) in [6.07, 6.45) is 30.1. The number of rotatable bonds is 15. The third kappa shape index (κ3) is 47.1. The second-order valence-electron chi connectivity index (χ2n) is 33.3. The number of allylic oxidation sites excluding steroid dienone is 10. The van der Waals surface area contributed by atoms with Crippen LogP contribution in [-0.4, -0.2) is 137 Å². The first-order chi connectivity index (χ1) is 59.3. The van der Waals surface area contributed by atoms with Crippen LogP contribution in [0, 0.1) is 65.5 Å². The van der Waals surface area contributed by atoms with Crippen LogP contribution in [0.25, 0.3) is 82.4 Å². The molecule has 10 aromatic rings. The van der Waals surface area contributed by atoms with E-state index in [9.17, 15) is 30.7 Å². The Morgan fingerprint density at radius 1 is 0.300 bits per heavy atom. The molecule has 0 aliphatic heterocycles. The Balaban J connectivity index is 0.000000739. The molecule has 130 heavy (non-hydrogen) atoms. The summed E-state index contributed by atoms with van der Waals surface area (Å²) in [5, 5.41) is 89.8. The van der Waals surface area contributed by atoms with E-state index in [1.54, 1.807) is 118 Å². The minimum absolute atomic E-state index is 0. The van der Waals surface area contributed by atoms with Crippen molar-refractivity contribution < 1.29 is 182 Å². The molecule has 0 amide bonds. The number of aliphatic hydroxyl groups is 10. The van der Waals surface area contributed by atoms with Gasteiger partial charge in [0.1, 0.15) is 23.3 Å². The first kappa shape index (κ1) is 122. The van der Waals surface area contributed by atoms with Crippen LogP contribution >= 0.6 is 0 Å². The van der Waals surface area contributed by atoms with E-state index in [1.165, 1.54) is 128 Å². The van der Waals surface area contributed by atoms with Gasteiger partial charge in [0.2, 0.25) is 0 Å². The van der Waals surface area contributed by atoms with Crippen LogP contribution in [0.5, 0.6) is 0 Å². The first-order valence-electron chi connectivity index (χ1n) is 43.9. The quantitative estimate of drug-likeness (QED) is 0.0338. The van der Waals surface area contributed by atoms with Crippen molar-refractivity contribution in [3.63, 3.8) is 0 Å². The van der Waals surface area contributed by atoms with Crippen molar-refractivity contribution in [2.24, 2.45) is 11.8 Å². The zero-order chi connectivity index (χ0) is 91.9. The Bertz CT molecular complexity index is 5000. The monoisotopic (exact) mass is 2690 g/mol. The number of fused-ring (bicyclic) bond motifs is 5. The maximum Gasteiger partial charge on any atom is 0.402 e. The molecule has 12 atom stereocenters. The summed E-state index contributed by atoms with van der Waals surface area (Å²) in [4.78, 5) is 22.5. The number of nitrogens with zero attached hydrogens (tertiary/aromatic N) is 5. The Labute approximate surface area is 831 Å². The number of pyridine rings is 5. The van der Waals surface area contributed by atoms with Crippen LogP contribution in [0.15, 0.2) is 152 Å². The number of aliphatic hydroxyl groups excluding tert-OH is 10. The van der Waals surface area contributed by atoms with E-state index >= 15 is 0 Å². The van der Waals surface area contributed by atoms with Gasteiger partial charge in [0, 0.05) is 117 Å². The fraction of sp³-hybridized carbons (Fsp3) is 0.466. The molecule has 10 N–H and O–H groups in total. The van der Waals surface area contributed by atoms with Gasteiger partial charge in [0.05, 0.1) is 72.1 Å². The number of halogens is 7. The fourth-order valence-corrected chi connectivity index (χ4v) is 14.4. The van der Waals surface area contributed by atoms with E-state index in [2.05, 4.69) is 69.1 Å². The summed E-state index contributed by atoms with van der Waals surface area (Å²) >= 11 is 0. The molecule has 5 heterocycles. The van der Waals surface area contributed by atoms with Crippen LogP contribution < -0.4 is 0 Å². The summed E-state index contributed by atoms with van der Waals surface area (Å²) in [7, 11) is 0. The van der Waals surface area contributed by atoms with Crippen molar-refractivity contribution in [2.45, 2.75) is 298 Å². The SMILES string of the molecule is CC(O)CC(C)O.CC(O)CC(C)O.CC(O)CC(C)O.CC(O)CC(C)O.CC(O)CC(C)O.CC1[C-]=C(c2ccc3cc(F)ccc3n2)CCC1.CC1[C-]=C(c2ccc3ccc(F)cc3n2)CCC1.FC(F)(F)c1cc2ccccc2nc1C1=[C-]CCCC1.Fc1ccc2ccc(C3=[C-]CCCC3)nc2c1.Fc1ccc2nc(C3=[C-]CCCC3)ccc2c1.[Ir].[Ir].[Ir].[Ir].[Ir]. The Morgan fingerprint density at radius 2 is 0.569 bits per heavy atom. The van der Waals surface area contributed by atoms with Crippen molar-refractivity contribution in [1.29, 1.82) is 0 Å². The second-order valence-corrected chi connectivity index (χ2v) is 33.3. The van der Waals surface area contributed by atoms with E-state index in [0.29, 0.717) is 73.3 Å².